The van der Waals surface area contributed by atoms with Gasteiger partial charge in [-0.25, -0.2) is 13.8 Å². The van der Waals surface area contributed by atoms with E-state index in [4.69, 9.17) is 0 Å². The Morgan fingerprint density at radius 3 is 2.80 bits per heavy atom. The summed E-state index contributed by atoms with van der Waals surface area (Å²) < 4.78 is 27.4. The van der Waals surface area contributed by atoms with E-state index >= 15 is 0 Å². The van der Waals surface area contributed by atoms with Gasteiger partial charge in [0.2, 0.25) is 0 Å². The van der Waals surface area contributed by atoms with Crippen LogP contribution in [0.2, 0.25) is 0 Å². The maximum atomic E-state index is 13.9. The van der Waals surface area contributed by atoms with Crippen LogP contribution in [0.3, 0.4) is 0 Å². The second-order valence-electron chi connectivity index (χ2n) is 5.45. The van der Waals surface area contributed by atoms with Gasteiger partial charge < -0.3 is 15.1 Å². The van der Waals surface area contributed by atoms with Crippen LogP contribution in [0.25, 0.3) is 0 Å². The van der Waals surface area contributed by atoms with Crippen LogP contribution in [0.1, 0.15) is 13.3 Å². The van der Waals surface area contributed by atoms with Crippen molar-refractivity contribution in [2.24, 2.45) is 5.92 Å². The lowest BCUT2D eigenvalue weighted by molar-refractivity contribution is 0.395. The number of likely N-dealkylation sites (tertiary alicyclic amines) is 1. The highest BCUT2D eigenvalue weighted by Crippen LogP contribution is 2.24. The molecule has 1 aromatic rings. The third-order valence-corrected chi connectivity index (χ3v) is 3.64. The van der Waals surface area contributed by atoms with Crippen LogP contribution < -0.4 is 10.2 Å². The van der Waals surface area contributed by atoms with Crippen LogP contribution in [0, 0.1) is 17.6 Å². The summed E-state index contributed by atoms with van der Waals surface area (Å²) in [6, 6.07) is 0.900. The van der Waals surface area contributed by atoms with Gasteiger partial charge in [0.25, 0.3) is 0 Å². The van der Waals surface area contributed by atoms with Crippen molar-refractivity contribution in [2.45, 2.75) is 13.3 Å². The molecule has 1 aromatic heterocycles. The Kier molecular flexibility index (Phi) is 4.75. The fourth-order valence-corrected chi connectivity index (χ4v) is 2.67. The van der Waals surface area contributed by atoms with Gasteiger partial charge in [-0.2, -0.15) is 0 Å². The number of nitrogens with one attached hydrogen (secondary N) is 1. The van der Waals surface area contributed by atoms with Crippen molar-refractivity contribution in [3.63, 3.8) is 0 Å². The zero-order valence-corrected chi connectivity index (χ0v) is 12.3. The standard InChI is InChI=1S/C14H22F2N4/c1-4-17-13-11(15)7-12(16)14(18-13)20(3)9-10-5-6-19(2)8-10/h7,10H,4-6,8-9H2,1-3H3,(H,17,18). The maximum absolute atomic E-state index is 13.9. The van der Waals surface area contributed by atoms with Gasteiger partial charge in [0.05, 0.1) is 0 Å². The minimum Gasteiger partial charge on any atom is -0.368 e. The Bertz CT molecular complexity index is 467. The molecule has 2 heterocycles. The highest BCUT2D eigenvalue weighted by atomic mass is 19.1. The lowest BCUT2D eigenvalue weighted by Gasteiger charge is -2.23. The maximum Gasteiger partial charge on any atom is 0.168 e. The van der Waals surface area contributed by atoms with E-state index in [2.05, 4.69) is 22.2 Å². The number of aromatic nitrogens is 1. The topological polar surface area (TPSA) is 31.4 Å². The van der Waals surface area contributed by atoms with E-state index in [1.807, 2.05) is 6.92 Å². The Hall–Kier alpha value is -1.43. The fraction of sp³-hybridized carbons (Fsp3) is 0.643. The molecule has 112 valence electrons. The number of nitrogens with zero attached hydrogens (tertiary/aromatic N) is 3. The molecule has 6 heteroatoms. The molecule has 0 bridgehead atoms. The number of anilines is 2. The van der Waals surface area contributed by atoms with Crippen LogP contribution in [0.5, 0.6) is 0 Å². The van der Waals surface area contributed by atoms with E-state index in [0.717, 1.165) is 32.1 Å². The van der Waals surface area contributed by atoms with Crippen molar-refractivity contribution in [3.8, 4) is 0 Å². The molecule has 1 fully saturated rings. The number of hydrogen-bond donors (Lipinski definition) is 1. The first kappa shape index (κ1) is 15.0. The summed E-state index contributed by atoms with van der Waals surface area (Å²) in [6.07, 6.45) is 1.10. The molecule has 2 rings (SSSR count). The van der Waals surface area contributed by atoms with Gasteiger partial charge in [-0.3, -0.25) is 0 Å². The molecule has 20 heavy (non-hydrogen) atoms. The molecule has 1 saturated heterocycles. The summed E-state index contributed by atoms with van der Waals surface area (Å²) in [6.45, 7) is 5.20. The van der Waals surface area contributed by atoms with Gasteiger partial charge in [-0.05, 0) is 32.9 Å². The van der Waals surface area contributed by atoms with E-state index in [1.165, 1.54) is 0 Å². The first-order valence-corrected chi connectivity index (χ1v) is 7.00. The quantitative estimate of drug-likeness (QED) is 0.898. The largest absolute Gasteiger partial charge is 0.368 e. The third-order valence-electron chi connectivity index (χ3n) is 3.64. The van der Waals surface area contributed by atoms with E-state index in [0.29, 0.717) is 12.5 Å². The Morgan fingerprint density at radius 2 is 2.20 bits per heavy atom. The van der Waals surface area contributed by atoms with Crippen LogP contribution in [-0.4, -0.2) is 50.2 Å². The fourth-order valence-electron chi connectivity index (χ4n) is 2.67. The van der Waals surface area contributed by atoms with E-state index in [-0.39, 0.29) is 11.6 Å². The molecule has 4 nitrogen and oxygen atoms in total. The van der Waals surface area contributed by atoms with Crippen molar-refractivity contribution in [1.82, 2.24) is 9.88 Å². The van der Waals surface area contributed by atoms with E-state index in [9.17, 15) is 8.78 Å². The average Bonchev–Trinajstić information content (AvgIpc) is 2.78. The van der Waals surface area contributed by atoms with E-state index in [1.54, 1.807) is 11.9 Å². The minimum absolute atomic E-state index is 0.110. The molecule has 0 spiro atoms. The monoisotopic (exact) mass is 284 g/mol. The smallest absolute Gasteiger partial charge is 0.168 e. The zero-order chi connectivity index (χ0) is 14.7. The van der Waals surface area contributed by atoms with E-state index < -0.39 is 11.6 Å². The van der Waals surface area contributed by atoms with Gasteiger partial charge >= 0.3 is 0 Å². The lowest BCUT2D eigenvalue weighted by atomic mass is 10.1. The molecule has 0 radical (unpaired) electrons. The van der Waals surface area contributed by atoms with Crippen molar-refractivity contribution in [2.75, 3.05) is 50.5 Å². The molecule has 1 aliphatic heterocycles. The predicted molar refractivity (Wildman–Crippen MR) is 77.2 cm³/mol. The van der Waals surface area contributed by atoms with Gasteiger partial charge in [-0.15, -0.1) is 0 Å². The van der Waals surface area contributed by atoms with Gasteiger partial charge in [-0.1, -0.05) is 0 Å². The highest BCUT2D eigenvalue weighted by Gasteiger charge is 2.23. The summed E-state index contributed by atoms with van der Waals surface area (Å²) in [7, 11) is 3.89. The summed E-state index contributed by atoms with van der Waals surface area (Å²) in [5.74, 6) is -0.449. The Morgan fingerprint density at radius 1 is 1.45 bits per heavy atom. The van der Waals surface area contributed by atoms with Crippen LogP contribution in [0.4, 0.5) is 20.4 Å². The van der Waals surface area contributed by atoms with Crippen molar-refractivity contribution in [1.29, 1.82) is 0 Å². The molecule has 0 amide bonds. The van der Waals surface area contributed by atoms with Crippen LogP contribution in [-0.2, 0) is 0 Å². The minimum atomic E-state index is -0.651. The first-order chi connectivity index (χ1) is 9.51. The van der Waals surface area contributed by atoms with Crippen molar-refractivity contribution in [3.05, 3.63) is 17.7 Å². The number of rotatable bonds is 5. The summed E-state index contributed by atoms with van der Waals surface area (Å²) in [5.41, 5.74) is 0. The molecule has 1 aliphatic rings. The zero-order valence-electron chi connectivity index (χ0n) is 12.3. The first-order valence-electron chi connectivity index (χ1n) is 7.00. The van der Waals surface area contributed by atoms with Gasteiger partial charge in [0.15, 0.2) is 23.3 Å². The number of pyridine rings is 1. The van der Waals surface area contributed by atoms with Crippen molar-refractivity contribution < 1.29 is 8.78 Å². The molecular formula is C14H22F2N4. The predicted octanol–water partition coefficient (Wildman–Crippen LogP) is 2.18. The van der Waals surface area contributed by atoms with Gasteiger partial charge in [0.1, 0.15) is 0 Å². The van der Waals surface area contributed by atoms with Crippen LogP contribution in [0.15, 0.2) is 6.07 Å². The summed E-state index contributed by atoms with van der Waals surface area (Å²) in [4.78, 5) is 8.11. The molecule has 0 saturated carbocycles. The SMILES string of the molecule is CCNc1nc(N(C)CC2CCN(C)C2)c(F)cc1F. The second-order valence-corrected chi connectivity index (χ2v) is 5.45. The Balaban J connectivity index is 2.12. The number of hydrogen-bond acceptors (Lipinski definition) is 4. The molecule has 0 aliphatic carbocycles. The van der Waals surface area contributed by atoms with Crippen LogP contribution >= 0.6 is 0 Å². The molecule has 1 unspecified atom stereocenters. The summed E-state index contributed by atoms with van der Waals surface area (Å²) >= 11 is 0. The normalized spacial score (nSPS) is 19.4. The highest BCUT2D eigenvalue weighted by molar-refractivity contribution is 5.48. The number of halogens is 2. The molecule has 1 atom stereocenters. The lowest BCUT2D eigenvalue weighted by Crippen LogP contribution is -2.29. The average molecular weight is 284 g/mol. The second kappa shape index (κ2) is 6.35. The Labute approximate surface area is 118 Å². The van der Waals surface area contributed by atoms with Gasteiger partial charge in [0, 0.05) is 32.7 Å². The van der Waals surface area contributed by atoms with Crippen molar-refractivity contribution >= 4 is 11.6 Å². The summed E-state index contributed by atoms with van der Waals surface area (Å²) in [5, 5.41) is 2.81. The molecule has 1 N–H and O–H groups in total. The molecule has 0 aromatic carbocycles. The third kappa shape index (κ3) is 3.36. The molecular weight excluding hydrogens is 262 g/mol.